The van der Waals surface area contributed by atoms with Gasteiger partial charge in [0, 0.05) is 16.4 Å². The van der Waals surface area contributed by atoms with Crippen LogP contribution in [0.3, 0.4) is 0 Å². The molecule has 1 aromatic carbocycles. The molecule has 2 aromatic rings. The summed E-state index contributed by atoms with van der Waals surface area (Å²) >= 11 is 4.74. The minimum absolute atomic E-state index is 0.262. The summed E-state index contributed by atoms with van der Waals surface area (Å²) in [5.41, 5.74) is 0.262. The molecule has 0 bridgehead atoms. The summed E-state index contributed by atoms with van der Waals surface area (Å²) < 4.78 is 2.42. The summed E-state index contributed by atoms with van der Waals surface area (Å²) in [6.45, 7) is 0. The summed E-state index contributed by atoms with van der Waals surface area (Å²) in [4.78, 5) is 11.9. The number of carboxylic acid groups (broad SMARTS) is 1. The maximum absolute atomic E-state index is 11.0. The number of aromatic nitrogens is 3. The SMILES string of the molecule is Cn1cnnc1CSc1ccc(Br)c(C(=O)O)c1. The van der Waals surface area contributed by atoms with Crippen LogP contribution in [0.1, 0.15) is 16.2 Å². The van der Waals surface area contributed by atoms with Gasteiger partial charge in [-0.3, -0.25) is 0 Å². The molecule has 0 radical (unpaired) electrons. The fraction of sp³-hybridized carbons (Fsp3) is 0.182. The number of carbonyl (C=O) groups is 1. The van der Waals surface area contributed by atoms with Crippen LogP contribution in [0.25, 0.3) is 0 Å². The maximum Gasteiger partial charge on any atom is 0.336 e. The average Bonchev–Trinajstić information content (AvgIpc) is 2.73. The molecule has 0 aliphatic rings. The second kappa shape index (κ2) is 5.53. The summed E-state index contributed by atoms with van der Waals surface area (Å²) in [6.07, 6.45) is 1.64. The summed E-state index contributed by atoms with van der Waals surface area (Å²) in [5.74, 6) is 0.555. The van der Waals surface area contributed by atoms with E-state index in [0.717, 1.165) is 10.7 Å². The number of nitrogens with zero attached hydrogens (tertiary/aromatic N) is 3. The Hall–Kier alpha value is -1.34. The molecule has 0 amide bonds. The molecule has 2 rings (SSSR count). The Labute approximate surface area is 116 Å². The molecule has 1 aromatic heterocycles. The monoisotopic (exact) mass is 327 g/mol. The van der Waals surface area contributed by atoms with E-state index in [9.17, 15) is 4.79 Å². The molecule has 18 heavy (non-hydrogen) atoms. The lowest BCUT2D eigenvalue weighted by atomic mass is 10.2. The van der Waals surface area contributed by atoms with E-state index in [1.807, 2.05) is 17.7 Å². The smallest absolute Gasteiger partial charge is 0.336 e. The highest BCUT2D eigenvalue weighted by Gasteiger charge is 2.10. The van der Waals surface area contributed by atoms with Crippen molar-refractivity contribution < 1.29 is 9.90 Å². The minimum Gasteiger partial charge on any atom is -0.478 e. The Bertz CT molecular complexity index is 585. The van der Waals surface area contributed by atoms with Crippen molar-refractivity contribution in [1.29, 1.82) is 0 Å². The fourth-order valence-electron chi connectivity index (χ4n) is 1.34. The molecule has 0 atom stereocenters. The molecule has 94 valence electrons. The number of halogens is 1. The van der Waals surface area contributed by atoms with Crippen molar-refractivity contribution in [3.63, 3.8) is 0 Å². The second-order valence-corrected chi connectivity index (χ2v) is 5.50. The van der Waals surface area contributed by atoms with Gasteiger partial charge in [-0.1, -0.05) is 0 Å². The highest BCUT2D eigenvalue weighted by atomic mass is 79.9. The fourth-order valence-corrected chi connectivity index (χ4v) is 2.68. The van der Waals surface area contributed by atoms with E-state index >= 15 is 0 Å². The summed E-state index contributed by atoms with van der Waals surface area (Å²) in [5, 5.41) is 16.8. The first-order chi connectivity index (χ1) is 8.58. The van der Waals surface area contributed by atoms with E-state index in [2.05, 4.69) is 26.1 Å². The number of hydrogen-bond acceptors (Lipinski definition) is 4. The third kappa shape index (κ3) is 2.91. The van der Waals surface area contributed by atoms with Crippen LogP contribution in [0.15, 0.2) is 33.9 Å². The third-order valence-corrected chi connectivity index (χ3v) is 4.02. The molecule has 7 heteroatoms. The van der Waals surface area contributed by atoms with Crippen LogP contribution < -0.4 is 0 Å². The summed E-state index contributed by atoms with van der Waals surface area (Å²) in [7, 11) is 1.88. The lowest BCUT2D eigenvalue weighted by Crippen LogP contribution is -1.98. The zero-order valence-corrected chi connectivity index (χ0v) is 11.9. The van der Waals surface area contributed by atoms with Gasteiger partial charge in [0.2, 0.25) is 0 Å². The van der Waals surface area contributed by atoms with Crippen molar-refractivity contribution in [3.8, 4) is 0 Å². The first-order valence-electron chi connectivity index (χ1n) is 5.06. The Balaban J connectivity index is 2.13. The predicted molar refractivity (Wildman–Crippen MR) is 71.7 cm³/mol. The minimum atomic E-state index is -0.942. The zero-order chi connectivity index (χ0) is 13.1. The van der Waals surface area contributed by atoms with Gasteiger partial charge in [-0.2, -0.15) is 0 Å². The molecule has 0 spiro atoms. The van der Waals surface area contributed by atoms with Gasteiger partial charge in [-0.05, 0) is 34.1 Å². The number of thioether (sulfide) groups is 1. The van der Waals surface area contributed by atoms with Crippen molar-refractivity contribution >= 4 is 33.7 Å². The van der Waals surface area contributed by atoms with Gasteiger partial charge < -0.3 is 9.67 Å². The van der Waals surface area contributed by atoms with E-state index in [4.69, 9.17) is 5.11 Å². The Morgan fingerprint density at radius 3 is 2.94 bits per heavy atom. The Morgan fingerprint density at radius 2 is 2.33 bits per heavy atom. The van der Waals surface area contributed by atoms with Gasteiger partial charge in [0.05, 0.1) is 11.3 Å². The molecular weight excluding hydrogens is 318 g/mol. The quantitative estimate of drug-likeness (QED) is 0.874. The number of hydrogen-bond donors (Lipinski definition) is 1. The van der Waals surface area contributed by atoms with Gasteiger partial charge in [-0.25, -0.2) is 4.79 Å². The Kier molecular flexibility index (Phi) is 4.03. The van der Waals surface area contributed by atoms with Crippen molar-refractivity contribution in [2.45, 2.75) is 10.6 Å². The molecule has 1 N–H and O–H groups in total. The van der Waals surface area contributed by atoms with Crippen molar-refractivity contribution in [3.05, 3.63) is 40.4 Å². The van der Waals surface area contributed by atoms with Crippen LogP contribution in [0.4, 0.5) is 0 Å². The standard InChI is InChI=1S/C11H10BrN3O2S/c1-15-6-13-14-10(15)5-18-7-2-3-9(12)8(4-7)11(16)17/h2-4,6H,5H2,1H3,(H,16,17). The molecule has 0 unspecified atom stereocenters. The van der Waals surface area contributed by atoms with Crippen LogP contribution >= 0.6 is 27.7 Å². The number of rotatable bonds is 4. The van der Waals surface area contributed by atoms with Crippen molar-refractivity contribution in [2.24, 2.45) is 7.05 Å². The van der Waals surface area contributed by atoms with Crippen LogP contribution in [0.5, 0.6) is 0 Å². The molecule has 5 nitrogen and oxygen atoms in total. The van der Waals surface area contributed by atoms with Crippen LogP contribution in [-0.2, 0) is 12.8 Å². The van der Waals surface area contributed by atoms with E-state index in [1.165, 1.54) is 11.8 Å². The van der Waals surface area contributed by atoms with E-state index in [1.54, 1.807) is 18.5 Å². The lowest BCUT2D eigenvalue weighted by Gasteiger charge is -2.04. The highest BCUT2D eigenvalue weighted by molar-refractivity contribution is 9.10. The average molecular weight is 328 g/mol. The van der Waals surface area contributed by atoms with Crippen LogP contribution in [-0.4, -0.2) is 25.8 Å². The van der Waals surface area contributed by atoms with E-state index in [0.29, 0.717) is 10.2 Å². The molecular formula is C11H10BrN3O2S. The molecule has 0 fully saturated rings. The molecule has 0 saturated heterocycles. The summed E-state index contributed by atoms with van der Waals surface area (Å²) in [6, 6.07) is 5.26. The normalized spacial score (nSPS) is 10.6. The number of benzene rings is 1. The van der Waals surface area contributed by atoms with Gasteiger partial charge in [0.1, 0.15) is 12.2 Å². The number of carboxylic acids is 1. The first-order valence-corrected chi connectivity index (χ1v) is 6.84. The van der Waals surface area contributed by atoms with Gasteiger partial charge >= 0.3 is 5.97 Å². The zero-order valence-electron chi connectivity index (χ0n) is 9.50. The van der Waals surface area contributed by atoms with Gasteiger partial charge in [-0.15, -0.1) is 22.0 Å². The maximum atomic E-state index is 11.0. The first kappa shape index (κ1) is 13.1. The number of aromatic carboxylic acids is 1. The second-order valence-electron chi connectivity index (χ2n) is 3.59. The van der Waals surface area contributed by atoms with Crippen molar-refractivity contribution in [2.75, 3.05) is 0 Å². The highest BCUT2D eigenvalue weighted by Crippen LogP contribution is 2.26. The molecule has 1 heterocycles. The van der Waals surface area contributed by atoms with Crippen LogP contribution in [0.2, 0.25) is 0 Å². The van der Waals surface area contributed by atoms with Crippen LogP contribution in [0, 0.1) is 0 Å². The molecule has 0 saturated carbocycles. The molecule has 0 aliphatic heterocycles. The van der Waals surface area contributed by atoms with E-state index in [-0.39, 0.29) is 5.56 Å². The number of aryl methyl sites for hydroxylation is 1. The van der Waals surface area contributed by atoms with E-state index < -0.39 is 5.97 Å². The lowest BCUT2D eigenvalue weighted by molar-refractivity contribution is 0.0695. The third-order valence-electron chi connectivity index (χ3n) is 2.34. The van der Waals surface area contributed by atoms with Gasteiger partial charge in [0.15, 0.2) is 0 Å². The Morgan fingerprint density at radius 1 is 1.56 bits per heavy atom. The predicted octanol–water partition coefficient (Wildman–Crippen LogP) is 2.57. The largest absolute Gasteiger partial charge is 0.478 e. The van der Waals surface area contributed by atoms with Crippen molar-refractivity contribution in [1.82, 2.24) is 14.8 Å². The topological polar surface area (TPSA) is 68.0 Å². The molecule has 0 aliphatic carbocycles. The van der Waals surface area contributed by atoms with Gasteiger partial charge in [0.25, 0.3) is 0 Å².